The maximum absolute atomic E-state index is 12.5. The Morgan fingerprint density at radius 3 is 2.88 bits per heavy atom. The van der Waals surface area contributed by atoms with Crippen LogP contribution in [0.2, 0.25) is 0 Å². The highest BCUT2D eigenvalue weighted by atomic mass is 16.5. The summed E-state index contributed by atoms with van der Waals surface area (Å²) in [6, 6.07) is 5.83. The first-order valence-corrected chi connectivity index (χ1v) is 8.22. The molecule has 1 fully saturated rings. The van der Waals surface area contributed by atoms with Gasteiger partial charge in [-0.3, -0.25) is 9.59 Å². The second kappa shape index (κ2) is 6.95. The largest absolute Gasteiger partial charge is 0.494 e. The number of fused-ring (bicyclic) bond motifs is 1. The van der Waals surface area contributed by atoms with E-state index in [1.54, 1.807) is 13.1 Å². The molecule has 1 N–H and O–H groups in total. The number of nitrogens with zero attached hydrogens (tertiary/aromatic N) is 1. The van der Waals surface area contributed by atoms with Crippen molar-refractivity contribution in [3.05, 3.63) is 29.3 Å². The van der Waals surface area contributed by atoms with E-state index in [2.05, 4.69) is 5.32 Å². The molecule has 0 atom stereocenters. The molecule has 128 valence electrons. The Balaban J connectivity index is 1.68. The molecule has 1 aliphatic heterocycles. The molecular formula is C18H22N2O4. The van der Waals surface area contributed by atoms with Crippen LogP contribution in [0.3, 0.4) is 0 Å². The van der Waals surface area contributed by atoms with Gasteiger partial charge in [-0.1, -0.05) is 0 Å². The predicted molar refractivity (Wildman–Crippen MR) is 89.9 cm³/mol. The number of carbonyl (C=O) groups excluding carboxylic acids is 2. The fourth-order valence-electron chi connectivity index (χ4n) is 2.57. The van der Waals surface area contributed by atoms with Gasteiger partial charge in [0.2, 0.25) is 5.91 Å². The van der Waals surface area contributed by atoms with E-state index in [1.165, 1.54) is 4.90 Å². The standard InChI is InChI=1S/C18H22N2O4/c1-3-23-15-6-7-16-12(9-15)8-13(11-24-16)18(22)20(2)10-17(21)19-14-4-5-14/h6-9,14H,3-5,10-11H2,1-2H3,(H,19,21). The molecule has 3 rings (SSSR count). The summed E-state index contributed by atoms with van der Waals surface area (Å²) in [6.45, 7) is 2.75. The van der Waals surface area contributed by atoms with Crippen LogP contribution in [0.4, 0.5) is 0 Å². The van der Waals surface area contributed by atoms with E-state index in [-0.39, 0.29) is 25.0 Å². The van der Waals surface area contributed by atoms with E-state index in [0.717, 1.165) is 29.9 Å². The summed E-state index contributed by atoms with van der Waals surface area (Å²) < 4.78 is 11.1. The maximum Gasteiger partial charge on any atom is 0.253 e. The molecule has 1 saturated carbocycles. The molecular weight excluding hydrogens is 308 g/mol. The fraction of sp³-hybridized carbons (Fsp3) is 0.444. The molecule has 1 aromatic rings. The lowest BCUT2D eigenvalue weighted by Gasteiger charge is -2.22. The summed E-state index contributed by atoms with van der Waals surface area (Å²) in [5.74, 6) is 1.14. The van der Waals surface area contributed by atoms with Crippen molar-refractivity contribution in [3.8, 4) is 11.5 Å². The number of rotatable bonds is 6. The summed E-state index contributed by atoms with van der Waals surface area (Å²) in [5.41, 5.74) is 1.34. The molecule has 0 saturated heterocycles. The molecule has 0 unspecified atom stereocenters. The van der Waals surface area contributed by atoms with Gasteiger partial charge in [0.25, 0.3) is 5.91 Å². The Morgan fingerprint density at radius 1 is 1.38 bits per heavy atom. The van der Waals surface area contributed by atoms with Crippen LogP contribution in [0.5, 0.6) is 11.5 Å². The Labute approximate surface area is 141 Å². The number of hydrogen-bond donors (Lipinski definition) is 1. The number of ether oxygens (including phenoxy) is 2. The van der Waals surface area contributed by atoms with E-state index in [0.29, 0.717) is 18.2 Å². The van der Waals surface area contributed by atoms with Crippen molar-refractivity contribution in [1.29, 1.82) is 0 Å². The number of benzene rings is 1. The van der Waals surface area contributed by atoms with Crippen molar-refractivity contribution in [2.75, 3.05) is 26.8 Å². The number of amides is 2. The monoisotopic (exact) mass is 330 g/mol. The van der Waals surface area contributed by atoms with E-state index in [1.807, 2.05) is 25.1 Å². The molecule has 1 aromatic carbocycles. The van der Waals surface area contributed by atoms with E-state index in [9.17, 15) is 9.59 Å². The number of hydrogen-bond acceptors (Lipinski definition) is 4. The van der Waals surface area contributed by atoms with E-state index >= 15 is 0 Å². The minimum Gasteiger partial charge on any atom is -0.494 e. The summed E-state index contributed by atoms with van der Waals surface area (Å²) >= 11 is 0. The van der Waals surface area contributed by atoms with Gasteiger partial charge < -0.3 is 19.7 Å². The Bertz CT molecular complexity index is 680. The average Bonchev–Trinajstić information content (AvgIpc) is 3.37. The lowest BCUT2D eigenvalue weighted by atomic mass is 10.1. The van der Waals surface area contributed by atoms with Crippen molar-refractivity contribution in [1.82, 2.24) is 10.2 Å². The lowest BCUT2D eigenvalue weighted by molar-refractivity contribution is -0.132. The summed E-state index contributed by atoms with van der Waals surface area (Å²) in [7, 11) is 1.63. The quantitative estimate of drug-likeness (QED) is 0.860. The van der Waals surface area contributed by atoms with Gasteiger partial charge in [-0.25, -0.2) is 0 Å². The van der Waals surface area contributed by atoms with Gasteiger partial charge in [0.05, 0.1) is 18.7 Å². The maximum atomic E-state index is 12.5. The van der Waals surface area contributed by atoms with Crippen LogP contribution in [0.25, 0.3) is 6.08 Å². The van der Waals surface area contributed by atoms with Gasteiger partial charge in [0.15, 0.2) is 0 Å². The van der Waals surface area contributed by atoms with Crippen molar-refractivity contribution in [2.45, 2.75) is 25.8 Å². The highest BCUT2D eigenvalue weighted by molar-refractivity contribution is 6.00. The topological polar surface area (TPSA) is 67.9 Å². The molecule has 2 amide bonds. The zero-order chi connectivity index (χ0) is 17.1. The smallest absolute Gasteiger partial charge is 0.253 e. The first-order valence-electron chi connectivity index (χ1n) is 8.22. The van der Waals surface area contributed by atoms with Crippen LogP contribution < -0.4 is 14.8 Å². The third-order valence-corrected chi connectivity index (χ3v) is 3.95. The molecule has 0 aromatic heterocycles. The number of carbonyl (C=O) groups is 2. The van der Waals surface area contributed by atoms with Crippen molar-refractivity contribution in [2.24, 2.45) is 0 Å². The fourth-order valence-corrected chi connectivity index (χ4v) is 2.57. The Hall–Kier alpha value is -2.50. The molecule has 0 radical (unpaired) electrons. The third-order valence-electron chi connectivity index (χ3n) is 3.95. The second-order valence-corrected chi connectivity index (χ2v) is 6.09. The zero-order valence-corrected chi connectivity index (χ0v) is 14.0. The van der Waals surface area contributed by atoms with E-state index in [4.69, 9.17) is 9.47 Å². The van der Waals surface area contributed by atoms with Crippen LogP contribution in [0, 0.1) is 0 Å². The number of likely N-dealkylation sites (N-methyl/N-ethyl adjacent to an activating group) is 1. The molecule has 24 heavy (non-hydrogen) atoms. The van der Waals surface area contributed by atoms with Crippen molar-refractivity contribution in [3.63, 3.8) is 0 Å². The van der Waals surface area contributed by atoms with Gasteiger partial charge in [0, 0.05) is 18.7 Å². The Morgan fingerprint density at radius 2 is 2.17 bits per heavy atom. The average molecular weight is 330 g/mol. The van der Waals surface area contributed by atoms with Gasteiger partial charge in [-0.2, -0.15) is 0 Å². The summed E-state index contributed by atoms with van der Waals surface area (Å²) in [5, 5.41) is 2.88. The number of nitrogens with one attached hydrogen (secondary N) is 1. The molecule has 6 heteroatoms. The predicted octanol–water partition coefficient (Wildman–Crippen LogP) is 1.60. The minimum absolute atomic E-state index is 0.0541. The van der Waals surface area contributed by atoms with Crippen LogP contribution in [0.15, 0.2) is 23.8 Å². The Kier molecular flexibility index (Phi) is 4.74. The van der Waals surface area contributed by atoms with Gasteiger partial charge in [-0.05, 0) is 44.0 Å². The zero-order valence-electron chi connectivity index (χ0n) is 14.0. The molecule has 1 heterocycles. The highest BCUT2D eigenvalue weighted by Gasteiger charge is 2.26. The highest BCUT2D eigenvalue weighted by Crippen LogP contribution is 2.30. The second-order valence-electron chi connectivity index (χ2n) is 6.09. The van der Waals surface area contributed by atoms with Gasteiger partial charge in [0.1, 0.15) is 18.1 Å². The van der Waals surface area contributed by atoms with Crippen LogP contribution >= 0.6 is 0 Å². The van der Waals surface area contributed by atoms with Gasteiger partial charge in [-0.15, -0.1) is 0 Å². The molecule has 2 aliphatic rings. The summed E-state index contributed by atoms with van der Waals surface area (Å²) in [6.07, 6.45) is 3.86. The third kappa shape index (κ3) is 3.88. The lowest BCUT2D eigenvalue weighted by Crippen LogP contribution is -2.40. The van der Waals surface area contributed by atoms with Crippen LogP contribution in [0.1, 0.15) is 25.3 Å². The molecule has 6 nitrogen and oxygen atoms in total. The first kappa shape index (κ1) is 16.4. The molecule has 0 spiro atoms. The summed E-state index contributed by atoms with van der Waals surface area (Å²) in [4.78, 5) is 25.8. The molecule has 0 bridgehead atoms. The molecule has 1 aliphatic carbocycles. The van der Waals surface area contributed by atoms with Crippen LogP contribution in [-0.2, 0) is 9.59 Å². The van der Waals surface area contributed by atoms with Crippen molar-refractivity contribution < 1.29 is 19.1 Å². The van der Waals surface area contributed by atoms with Crippen molar-refractivity contribution >= 4 is 17.9 Å². The first-order chi connectivity index (χ1) is 11.6. The van der Waals surface area contributed by atoms with Gasteiger partial charge >= 0.3 is 0 Å². The van der Waals surface area contributed by atoms with Crippen LogP contribution in [-0.4, -0.2) is 49.6 Å². The normalized spacial score (nSPS) is 15.7. The minimum atomic E-state index is -0.201. The SMILES string of the molecule is CCOc1ccc2c(c1)C=C(C(=O)N(C)CC(=O)NC1CC1)CO2. The van der Waals surface area contributed by atoms with E-state index < -0.39 is 0 Å².